The zero-order valence-corrected chi connectivity index (χ0v) is 11.7. The molecule has 0 radical (unpaired) electrons. The zero-order chi connectivity index (χ0) is 12.9. The molecule has 1 saturated heterocycles. The van der Waals surface area contributed by atoms with Gasteiger partial charge >= 0.3 is 0 Å². The number of nitrogens with zero attached hydrogens (tertiary/aromatic N) is 1. The van der Waals surface area contributed by atoms with Gasteiger partial charge in [-0.3, -0.25) is 4.79 Å². The SMILES string of the molecule is CCCC(CN)C(=O)N1CCCC(C)(C)CC1. The minimum Gasteiger partial charge on any atom is -0.342 e. The van der Waals surface area contributed by atoms with Gasteiger partial charge in [-0.15, -0.1) is 0 Å². The van der Waals surface area contributed by atoms with Crippen LogP contribution in [-0.2, 0) is 4.79 Å². The molecule has 1 unspecified atom stereocenters. The van der Waals surface area contributed by atoms with Crippen molar-refractivity contribution in [3.8, 4) is 0 Å². The maximum Gasteiger partial charge on any atom is 0.226 e. The molecule has 17 heavy (non-hydrogen) atoms. The maximum absolute atomic E-state index is 12.3. The highest BCUT2D eigenvalue weighted by atomic mass is 16.2. The number of hydrogen-bond acceptors (Lipinski definition) is 2. The minimum absolute atomic E-state index is 0.0428. The first-order valence-corrected chi connectivity index (χ1v) is 6.99. The van der Waals surface area contributed by atoms with E-state index in [9.17, 15) is 4.79 Å². The summed E-state index contributed by atoms with van der Waals surface area (Å²) in [6, 6.07) is 0. The number of amides is 1. The van der Waals surface area contributed by atoms with Crippen LogP contribution in [0.3, 0.4) is 0 Å². The summed E-state index contributed by atoms with van der Waals surface area (Å²) in [4.78, 5) is 14.4. The highest BCUT2D eigenvalue weighted by molar-refractivity contribution is 5.79. The summed E-state index contributed by atoms with van der Waals surface area (Å²) in [5, 5.41) is 0. The Kier molecular flexibility index (Phi) is 5.44. The average Bonchev–Trinajstić information content (AvgIpc) is 2.46. The van der Waals surface area contributed by atoms with Gasteiger partial charge in [-0.25, -0.2) is 0 Å². The molecule has 1 rings (SSSR count). The average molecular weight is 240 g/mol. The van der Waals surface area contributed by atoms with Crippen LogP contribution >= 0.6 is 0 Å². The third kappa shape index (κ3) is 4.30. The molecule has 1 heterocycles. The first-order chi connectivity index (χ1) is 8.00. The van der Waals surface area contributed by atoms with Crippen LogP contribution in [0.2, 0.25) is 0 Å². The molecule has 0 aliphatic carbocycles. The Labute approximate surface area is 106 Å². The lowest BCUT2D eigenvalue weighted by Crippen LogP contribution is -2.39. The summed E-state index contributed by atoms with van der Waals surface area (Å²) < 4.78 is 0. The third-order valence-corrected chi connectivity index (χ3v) is 3.92. The highest BCUT2D eigenvalue weighted by Gasteiger charge is 2.28. The first-order valence-electron chi connectivity index (χ1n) is 6.99. The van der Waals surface area contributed by atoms with Crippen LogP contribution in [0, 0.1) is 11.3 Å². The van der Waals surface area contributed by atoms with Gasteiger partial charge in [0.1, 0.15) is 0 Å². The number of carbonyl (C=O) groups excluding carboxylic acids is 1. The topological polar surface area (TPSA) is 46.3 Å². The smallest absolute Gasteiger partial charge is 0.226 e. The van der Waals surface area contributed by atoms with Crippen LogP contribution in [0.25, 0.3) is 0 Å². The number of rotatable bonds is 4. The van der Waals surface area contributed by atoms with Gasteiger partial charge in [0.2, 0.25) is 5.91 Å². The van der Waals surface area contributed by atoms with Crippen molar-refractivity contribution in [1.29, 1.82) is 0 Å². The predicted octanol–water partition coefficient (Wildman–Crippen LogP) is 2.40. The van der Waals surface area contributed by atoms with Gasteiger partial charge < -0.3 is 10.6 Å². The maximum atomic E-state index is 12.3. The van der Waals surface area contributed by atoms with Gasteiger partial charge in [0, 0.05) is 19.6 Å². The molecule has 0 aromatic rings. The molecule has 1 atom stereocenters. The van der Waals surface area contributed by atoms with Crippen molar-refractivity contribution in [2.45, 2.75) is 52.9 Å². The highest BCUT2D eigenvalue weighted by Crippen LogP contribution is 2.30. The Balaban J connectivity index is 2.57. The van der Waals surface area contributed by atoms with E-state index in [2.05, 4.69) is 20.8 Å². The fourth-order valence-electron chi connectivity index (χ4n) is 2.59. The standard InChI is InChI=1S/C14H28N2O/c1-4-6-12(11-15)13(17)16-9-5-7-14(2,3)8-10-16/h12H,4-11,15H2,1-3H3. The Morgan fingerprint density at radius 3 is 2.65 bits per heavy atom. The van der Waals surface area contributed by atoms with E-state index in [-0.39, 0.29) is 11.8 Å². The van der Waals surface area contributed by atoms with E-state index < -0.39 is 0 Å². The Morgan fingerprint density at radius 1 is 1.35 bits per heavy atom. The van der Waals surface area contributed by atoms with E-state index in [4.69, 9.17) is 5.73 Å². The molecule has 1 fully saturated rings. The monoisotopic (exact) mass is 240 g/mol. The molecule has 1 aliphatic rings. The van der Waals surface area contributed by atoms with Crippen LogP contribution in [0.1, 0.15) is 52.9 Å². The molecule has 100 valence electrons. The molecular weight excluding hydrogens is 212 g/mol. The quantitative estimate of drug-likeness (QED) is 0.820. The van der Waals surface area contributed by atoms with Crippen LogP contribution in [-0.4, -0.2) is 30.4 Å². The molecule has 0 spiro atoms. The van der Waals surface area contributed by atoms with Crippen molar-refractivity contribution in [1.82, 2.24) is 4.90 Å². The molecule has 0 saturated carbocycles. The molecule has 3 heteroatoms. The van der Waals surface area contributed by atoms with Crippen LogP contribution < -0.4 is 5.73 Å². The first kappa shape index (κ1) is 14.5. The summed E-state index contributed by atoms with van der Waals surface area (Å²) >= 11 is 0. The van der Waals surface area contributed by atoms with Crippen LogP contribution in [0.4, 0.5) is 0 Å². The molecule has 1 amide bonds. The van der Waals surface area contributed by atoms with Gasteiger partial charge in [-0.2, -0.15) is 0 Å². The Bertz CT molecular complexity index is 251. The van der Waals surface area contributed by atoms with Crippen molar-refractivity contribution in [2.24, 2.45) is 17.1 Å². The zero-order valence-electron chi connectivity index (χ0n) is 11.7. The Hall–Kier alpha value is -0.570. The van der Waals surface area contributed by atoms with Crippen LogP contribution in [0.15, 0.2) is 0 Å². The van der Waals surface area contributed by atoms with E-state index in [0.29, 0.717) is 12.0 Å². The molecule has 2 N–H and O–H groups in total. The second-order valence-corrected chi connectivity index (χ2v) is 6.06. The summed E-state index contributed by atoms with van der Waals surface area (Å²) in [6.07, 6.45) is 5.42. The number of hydrogen-bond donors (Lipinski definition) is 1. The number of likely N-dealkylation sites (tertiary alicyclic amines) is 1. The van der Waals surface area contributed by atoms with Crippen molar-refractivity contribution in [3.05, 3.63) is 0 Å². The second kappa shape index (κ2) is 6.39. The number of carbonyl (C=O) groups is 1. The fraction of sp³-hybridized carbons (Fsp3) is 0.929. The lowest BCUT2D eigenvalue weighted by atomic mass is 9.85. The molecule has 0 aromatic carbocycles. The largest absolute Gasteiger partial charge is 0.342 e. The van der Waals surface area contributed by atoms with Crippen molar-refractivity contribution in [2.75, 3.05) is 19.6 Å². The van der Waals surface area contributed by atoms with Gasteiger partial charge in [0.05, 0.1) is 5.92 Å². The van der Waals surface area contributed by atoms with Crippen molar-refractivity contribution >= 4 is 5.91 Å². The van der Waals surface area contributed by atoms with E-state index in [1.165, 1.54) is 6.42 Å². The molecule has 3 nitrogen and oxygen atoms in total. The van der Waals surface area contributed by atoms with E-state index >= 15 is 0 Å². The van der Waals surface area contributed by atoms with Gasteiger partial charge in [-0.05, 0) is 31.1 Å². The molecule has 0 aromatic heterocycles. The molecular formula is C14H28N2O. The van der Waals surface area contributed by atoms with Gasteiger partial charge in [-0.1, -0.05) is 27.2 Å². The molecule has 1 aliphatic heterocycles. The van der Waals surface area contributed by atoms with Crippen LogP contribution in [0.5, 0.6) is 0 Å². The second-order valence-electron chi connectivity index (χ2n) is 6.06. The lowest BCUT2D eigenvalue weighted by molar-refractivity contribution is -0.135. The van der Waals surface area contributed by atoms with Crippen molar-refractivity contribution in [3.63, 3.8) is 0 Å². The van der Waals surface area contributed by atoms with E-state index in [0.717, 1.165) is 38.8 Å². The fourth-order valence-corrected chi connectivity index (χ4v) is 2.59. The van der Waals surface area contributed by atoms with E-state index in [1.807, 2.05) is 4.90 Å². The summed E-state index contributed by atoms with van der Waals surface area (Å²) in [5.41, 5.74) is 6.10. The number of nitrogens with two attached hydrogens (primary N) is 1. The van der Waals surface area contributed by atoms with Crippen molar-refractivity contribution < 1.29 is 4.79 Å². The molecule has 0 bridgehead atoms. The van der Waals surface area contributed by atoms with Gasteiger partial charge in [0.25, 0.3) is 0 Å². The summed E-state index contributed by atoms with van der Waals surface area (Å²) in [7, 11) is 0. The summed E-state index contributed by atoms with van der Waals surface area (Å²) in [5.74, 6) is 0.327. The minimum atomic E-state index is 0.0428. The lowest BCUT2D eigenvalue weighted by Gasteiger charge is -2.26. The van der Waals surface area contributed by atoms with E-state index in [1.54, 1.807) is 0 Å². The predicted molar refractivity (Wildman–Crippen MR) is 71.7 cm³/mol. The summed E-state index contributed by atoms with van der Waals surface area (Å²) in [6.45, 7) is 9.03. The normalized spacial score (nSPS) is 22.0. The third-order valence-electron chi connectivity index (χ3n) is 3.92. The Morgan fingerprint density at radius 2 is 2.06 bits per heavy atom. The van der Waals surface area contributed by atoms with Gasteiger partial charge in [0.15, 0.2) is 0 Å².